The number of aromatic nitrogens is 4. The summed E-state index contributed by atoms with van der Waals surface area (Å²) in [7, 11) is 0. The summed E-state index contributed by atoms with van der Waals surface area (Å²) in [6.07, 6.45) is 1.46. The third kappa shape index (κ3) is 2.79. The minimum atomic E-state index is -0.284. The molecule has 21 heavy (non-hydrogen) atoms. The number of benzene rings is 1. The van der Waals surface area contributed by atoms with E-state index in [1.165, 1.54) is 21.9 Å². The predicted molar refractivity (Wildman–Crippen MR) is 81.5 cm³/mol. The van der Waals surface area contributed by atoms with Gasteiger partial charge in [-0.1, -0.05) is 38.1 Å². The molecule has 0 aliphatic rings. The fourth-order valence-corrected chi connectivity index (χ4v) is 2.12. The van der Waals surface area contributed by atoms with Crippen molar-refractivity contribution in [2.45, 2.75) is 26.3 Å². The molecule has 0 bridgehead atoms. The summed E-state index contributed by atoms with van der Waals surface area (Å²) >= 11 is 0. The van der Waals surface area contributed by atoms with E-state index < -0.39 is 0 Å². The summed E-state index contributed by atoms with van der Waals surface area (Å²) in [4.78, 5) is 15.5. The Kier molecular flexibility index (Phi) is 3.43. The quantitative estimate of drug-likeness (QED) is 0.769. The van der Waals surface area contributed by atoms with Crippen molar-refractivity contribution in [2.75, 3.05) is 5.32 Å². The maximum absolute atomic E-state index is 11.3. The molecule has 0 fully saturated rings. The van der Waals surface area contributed by atoms with Crippen molar-refractivity contribution in [3.8, 4) is 0 Å². The molecule has 0 unspecified atom stereocenters. The Hall–Kier alpha value is -2.63. The van der Waals surface area contributed by atoms with Gasteiger partial charge in [-0.15, -0.1) is 0 Å². The second-order valence-corrected chi connectivity index (χ2v) is 5.28. The van der Waals surface area contributed by atoms with E-state index in [0.29, 0.717) is 23.9 Å². The van der Waals surface area contributed by atoms with Crippen LogP contribution < -0.4 is 11.0 Å². The molecule has 0 aliphatic carbocycles. The van der Waals surface area contributed by atoms with Crippen molar-refractivity contribution in [3.05, 3.63) is 58.3 Å². The summed E-state index contributed by atoms with van der Waals surface area (Å²) in [6, 6.07) is 10.2. The van der Waals surface area contributed by atoms with Crippen LogP contribution in [-0.2, 0) is 6.54 Å². The SMILES string of the molecule is CC(C)c1ccc(CNc2cc3n[nH]c(=O)n3cn2)cc1. The molecule has 6 nitrogen and oxygen atoms in total. The van der Waals surface area contributed by atoms with Crippen molar-refractivity contribution in [1.29, 1.82) is 0 Å². The van der Waals surface area contributed by atoms with E-state index in [1.54, 1.807) is 6.07 Å². The third-order valence-electron chi connectivity index (χ3n) is 3.43. The first-order chi connectivity index (χ1) is 10.1. The average Bonchev–Trinajstić information content (AvgIpc) is 2.86. The summed E-state index contributed by atoms with van der Waals surface area (Å²) in [6.45, 7) is 5.03. The molecule has 0 radical (unpaired) electrons. The summed E-state index contributed by atoms with van der Waals surface area (Å²) in [5.41, 5.74) is 2.77. The lowest BCUT2D eigenvalue weighted by atomic mass is 10.0. The number of rotatable bonds is 4. The number of aromatic amines is 1. The monoisotopic (exact) mass is 283 g/mol. The molecule has 3 aromatic rings. The zero-order chi connectivity index (χ0) is 14.8. The second kappa shape index (κ2) is 5.40. The van der Waals surface area contributed by atoms with Crippen LogP contribution in [0.4, 0.5) is 5.82 Å². The number of nitrogens with one attached hydrogen (secondary N) is 2. The smallest absolute Gasteiger partial charge is 0.348 e. The van der Waals surface area contributed by atoms with Gasteiger partial charge in [-0.3, -0.25) is 0 Å². The number of H-pyrrole nitrogens is 1. The molecule has 0 atom stereocenters. The summed E-state index contributed by atoms with van der Waals surface area (Å²) in [5.74, 6) is 1.23. The van der Waals surface area contributed by atoms with Crippen molar-refractivity contribution in [3.63, 3.8) is 0 Å². The van der Waals surface area contributed by atoms with E-state index in [-0.39, 0.29) is 5.69 Å². The fraction of sp³-hybridized carbons (Fsp3) is 0.267. The molecular weight excluding hydrogens is 266 g/mol. The largest absolute Gasteiger partial charge is 0.366 e. The highest BCUT2D eigenvalue weighted by atomic mass is 16.1. The molecule has 0 aliphatic heterocycles. The molecule has 0 saturated carbocycles. The first kappa shape index (κ1) is 13.4. The van der Waals surface area contributed by atoms with Gasteiger partial charge in [0.1, 0.15) is 12.1 Å². The van der Waals surface area contributed by atoms with E-state index in [0.717, 1.165) is 0 Å². The van der Waals surface area contributed by atoms with E-state index >= 15 is 0 Å². The Morgan fingerprint density at radius 3 is 2.76 bits per heavy atom. The van der Waals surface area contributed by atoms with Crippen LogP contribution in [0.1, 0.15) is 30.9 Å². The number of fused-ring (bicyclic) bond motifs is 1. The molecule has 0 spiro atoms. The Bertz CT molecular complexity index is 801. The number of hydrogen-bond acceptors (Lipinski definition) is 4. The molecule has 3 rings (SSSR count). The lowest BCUT2D eigenvalue weighted by Gasteiger charge is -2.08. The maximum atomic E-state index is 11.3. The molecule has 1 aromatic carbocycles. The highest BCUT2D eigenvalue weighted by molar-refractivity contribution is 5.48. The number of hydrogen-bond donors (Lipinski definition) is 2. The highest BCUT2D eigenvalue weighted by Gasteiger charge is 2.03. The standard InChI is InChI=1S/C15H17N5O/c1-10(2)12-5-3-11(4-6-12)8-16-13-7-14-18-19-15(21)20(14)9-17-13/h3-7,9-10,16H,8H2,1-2H3,(H,19,21). The molecular formula is C15H17N5O. The third-order valence-corrected chi connectivity index (χ3v) is 3.43. The van der Waals surface area contributed by atoms with Crippen LogP contribution >= 0.6 is 0 Å². The molecule has 0 amide bonds. The number of nitrogens with zero attached hydrogens (tertiary/aromatic N) is 3. The Balaban J connectivity index is 1.72. The van der Waals surface area contributed by atoms with Crippen LogP contribution in [0, 0.1) is 0 Å². The number of anilines is 1. The molecule has 2 heterocycles. The average molecular weight is 283 g/mol. The van der Waals surface area contributed by atoms with Crippen LogP contribution in [0.15, 0.2) is 41.5 Å². The van der Waals surface area contributed by atoms with Crippen molar-refractivity contribution >= 4 is 11.5 Å². The van der Waals surface area contributed by atoms with Crippen molar-refractivity contribution in [1.82, 2.24) is 19.6 Å². The topological polar surface area (TPSA) is 75.1 Å². The van der Waals surface area contributed by atoms with Gasteiger partial charge in [0.15, 0.2) is 5.65 Å². The van der Waals surface area contributed by atoms with Crippen molar-refractivity contribution < 1.29 is 0 Å². The van der Waals surface area contributed by atoms with Gasteiger partial charge in [-0.05, 0) is 17.0 Å². The van der Waals surface area contributed by atoms with E-state index in [1.807, 2.05) is 0 Å². The van der Waals surface area contributed by atoms with Gasteiger partial charge in [0.25, 0.3) is 0 Å². The van der Waals surface area contributed by atoms with Crippen molar-refractivity contribution in [2.24, 2.45) is 0 Å². The normalized spacial score (nSPS) is 11.2. The van der Waals surface area contributed by atoms with Crippen LogP contribution in [0.2, 0.25) is 0 Å². The highest BCUT2D eigenvalue weighted by Crippen LogP contribution is 2.15. The predicted octanol–water partition coefficient (Wildman–Crippen LogP) is 2.15. The fourth-order valence-electron chi connectivity index (χ4n) is 2.12. The van der Waals surface area contributed by atoms with Gasteiger partial charge >= 0.3 is 5.69 Å². The lowest BCUT2D eigenvalue weighted by Crippen LogP contribution is -2.10. The van der Waals surface area contributed by atoms with E-state index in [2.05, 4.69) is 58.6 Å². The van der Waals surface area contributed by atoms with Crippen LogP contribution in [0.25, 0.3) is 5.65 Å². The first-order valence-electron chi connectivity index (χ1n) is 6.89. The molecule has 6 heteroatoms. The van der Waals surface area contributed by atoms with Gasteiger partial charge in [0, 0.05) is 12.6 Å². The lowest BCUT2D eigenvalue weighted by molar-refractivity contribution is 0.865. The van der Waals surface area contributed by atoms with Gasteiger partial charge in [-0.2, -0.15) is 5.10 Å². The summed E-state index contributed by atoms with van der Waals surface area (Å²) < 4.78 is 1.36. The zero-order valence-electron chi connectivity index (χ0n) is 12.0. The molecule has 108 valence electrons. The molecule has 2 N–H and O–H groups in total. The Morgan fingerprint density at radius 1 is 1.29 bits per heavy atom. The zero-order valence-corrected chi connectivity index (χ0v) is 12.0. The van der Waals surface area contributed by atoms with Crippen LogP contribution in [0.5, 0.6) is 0 Å². The maximum Gasteiger partial charge on any atom is 0.348 e. The van der Waals surface area contributed by atoms with Gasteiger partial charge in [-0.25, -0.2) is 19.3 Å². The minimum absolute atomic E-state index is 0.284. The first-order valence-corrected chi connectivity index (χ1v) is 6.89. The van der Waals surface area contributed by atoms with Crippen LogP contribution in [-0.4, -0.2) is 19.6 Å². The Morgan fingerprint density at radius 2 is 2.05 bits per heavy atom. The minimum Gasteiger partial charge on any atom is -0.366 e. The Labute approximate surface area is 121 Å². The second-order valence-electron chi connectivity index (χ2n) is 5.28. The van der Waals surface area contributed by atoms with Gasteiger partial charge in [0.05, 0.1) is 0 Å². The van der Waals surface area contributed by atoms with Gasteiger partial charge in [0.2, 0.25) is 0 Å². The molecule has 2 aromatic heterocycles. The van der Waals surface area contributed by atoms with E-state index in [9.17, 15) is 4.79 Å². The van der Waals surface area contributed by atoms with Crippen LogP contribution in [0.3, 0.4) is 0 Å². The van der Waals surface area contributed by atoms with Gasteiger partial charge < -0.3 is 5.32 Å². The molecule has 0 saturated heterocycles. The van der Waals surface area contributed by atoms with E-state index in [4.69, 9.17) is 0 Å². The summed E-state index contributed by atoms with van der Waals surface area (Å²) in [5, 5.41) is 9.53.